The number of fused-ring (bicyclic) bond motifs is 3. The van der Waals surface area contributed by atoms with Crippen LogP contribution in [0.5, 0.6) is 17.2 Å². The molecular formula is C21H26N2O4S. The quantitative estimate of drug-likeness (QED) is 0.787. The van der Waals surface area contributed by atoms with Crippen LogP contribution >= 0.6 is 11.3 Å². The van der Waals surface area contributed by atoms with Crippen LogP contribution in [0.3, 0.4) is 0 Å². The van der Waals surface area contributed by atoms with E-state index >= 15 is 0 Å². The molecule has 1 aromatic heterocycles. The number of thiophene rings is 1. The molecule has 1 aliphatic carbocycles. The highest BCUT2D eigenvalue weighted by Crippen LogP contribution is 2.45. The highest BCUT2D eigenvalue weighted by Gasteiger charge is 2.34. The van der Waals surface area contributed by atoms with Crippen LogP contribution in [-0.4, -0.2) is 27.2 Å². The molecule has 4 rings (SSSR count). The third-order valence-corrected chi connectivity index (χ3v) is 6.93. The van der Waals surface area contributed by atoms with Crippen LogP contribution in [-0.2, 0) is 12.8 Å². The van der Waals surface area contributed by atoms with Gasteiger partial charge in [0.15, 0.2) is 11.5 Å². The molecule has 0 unspecified atom stereocenters. The Balaban J connectivity index is 1.69. The van der Waals surface area contributed by atoms with Gasteiger partial charge < -0.3 is 24.8 Å². The van der Waals surface area contributed by atoms with Crippen molar-refractivity contribution in [2.75, 3.05) is 26.6 Å². The van der Waals surface area contributed by atoms with Crippen molar-refractivity contribution in [1.29, 1.82) is 0 Å². The van der Waals surface area contributed by atoms with Crippen LogP contribution in [0.4, 0.5) is 5.00 Å². The first-order valence-electron chi connectivity index (χ1n) is 9.61. The molecule has 6 nitrogen and oxygen atoms in total. The summed E-state index contributed by atoms with van der Waals surface area (Å²) in [6.07, 6.45) is 4.07. The first-order valence-corrected chi connectivity index (χ1v) is 10.4. The molecule has 0 saturated carbocycles. The van der Waals surface area contributed by atoms with E-state index in [0.717, 1.165) is 41.3 Å². The summed E-state index contributed by atoms with van der Waals surface area (Å²) in [6, 6.07) is 3.73. The average Bonchev–Trinajstić information content (AvgIpc) is 3.10. The number of amides is 1. The molecule has 1 aliphatic heterocycles. The SMILES string of the molecule is CC[C@@H]1CCc2c(sc3c2C(=O)N[C@@H](c2cc(OC)c(OC)c(OC)c2)N3)C1. The molecule has 2 heterocycles. The van der Waals surface area contributed by atoms with E-state index in [1.807, 2.05) is 12.1 Å². The predicted octanol–water partition coefficient (Wildman–Crippen LogP) is 4.14. The maximum atomic E-state index is 13.0. The normalized spacial score (nSPS) is 20.5. The largest absolute Gasteiger partial charge is 0.493 e. The standard InChI is InChI=1S/C21H26N2O4S/c1-5-11-6-7-13-16(8-11)28-21-17(13)20(24)22-19(23-21)12-9-14(25-2)18(27-4)15(10-12)26-3/h9-11,19,23H,5-8H2,1-4H3,(H,22,24)/t11-,19-/m1/s1. The van der Waals surface area contributed by atoms with E-state index in [2.05, 4.69) is 17.6 Å². The Morgan fingerprint density at radius 1 is 1.11 bits per heavy atom. The minimum absolute atomic E-state index is 0.0139. The Morgan fingerprint density at radius 2 is 1.82 bits per heavy atom. The monoisotopic (exact) mass is 402 g/mol. The molecule has 0 spiro atoms. The molecule has 0 saturated heterocycles. The fourth-order valence-corrected chi connectivity index (χ4v) is 5.54. The molecule has 0 fully saturated rings. The summed E-state index contributed by atoms with van der Waals surface area (Å²) in [7, 11) is 4.75. The van der Waals surface area contributed by atoms with Gasteiger partial charge in [0.25, 0.3) is 5.91 Å². The van der Waals surface area contributed by atoms with Crippen LogP contribution in [0.1, 0.15) is 52.3 Å². The summed E-state index contributed by atoms with van der Waals surface area (Å²) < 4.78 is 16.3. The number of rotatable bonds is 5. The van der Waals surface area contributed by atoms with Gasteiger partial charge in [-0.15, -0.1) is 11.3 Å². The molecule has 7 heteroatoms. The molecule has 150 valence electrons. The van der Waals surface area contributed by atoms with E-state index in [0.29, 0.717) is 17.2 Å². The Morgan fingerprint density at radius 3 is 2.43 bits per heavy atom. The van der Waals surface area contributed by atoms with Crippen LogP contribution in [0.25, 0.3) is 0 Å². The molecule has 2 atom stereocenters. The van der Waals surface area contributed by atoms with Gasteiger partial charge >= 0.3 is 0 Å². The number of benzene rings is 1. The molecule has 1 amide bonds. The van der Waals surface area contributed by atoms with E-state index in [4.69, 9.17) is 14.2 Å². The summed E-state index contributed by atoms with van der Waals surface area (Å²) in [5.41, 5.74) is 2.92. The van der Waals surface area contributed by atoms with Gasteiger partial charge in [-0.3, -0.25) is 4.79 Å². The highest BCUT2D eigenvalue weighted by molar-refractivity contribution is 7.16. The molecule has 0 radical (unpaired) electrons. The number of carbonyl (C=O) groups excluding carboxylic acids is 1. The van der Waals surface area contributed by atoms with Crippen molar-refractivity contribution in [1.82, 2.24) is 5.32 Å². The van der Waals surface area contributed by atoms with Crippen molar-refractivity contribution >= 4 is 22.2 Å². The molecule has 2 aromatic rings. The third-order valence-electron chi connectivity index (χ3n) is 5.74. The van der Waals surface area contributed by atoms with Gasteiger partial charge in [0, 0.05) is 10.4 Å². The zero-order valence-corrected chi connectivity index (χ0v) is 17.5. The van der Waals surface area contributed by atoms with Gasteiger partial charge in [-0.25, -0.2) is 0 Å². The third kappa shape index (κ3) is 3.07. The fraction of sp³-hybridized carbons (Fsp3) is 0.476. The van der Waals surface area contributed by atoms with Crippen molar-refractivity contribution in [3.63, 3.8) is 0 Å². The lowest BCUT2D eigenvalue weighted by molar-refractivity contribution is 0.0935. The molecule has 1 aromatic carbocycles. The molecule has 2 N–H and O–H groups in total. The number of anilines is 1. The Labute approximate surface area is 169 Å². The van der Waals surface area contributed by atoms with Gasteiger partial charge in [0.05, 0.1) is 26.9 Å². The first kappa shape index (κ1) is 18.9. The van der Waals surface area contributed by atoms with Crippen LogP contribution < -0.4 is 24.8 Å². The lowest BCUT2D eigenvalue weighted by atomic mass is 9.85. The van der Waals surface area contributed by atoms with Crippen molar-refractivity contribution < 1.29 is 19.0 Å². The topological polar surface area (TPSA) is 68.8 Å². The number of methoxy groups -OCH3 is 3. The van der Waals surface area contributed by atoms with Crippen molar-refractivity contribution in [3.05, 3.63) is 33.7 Å². The van der Waals surface area contributed by atoms with Crippen LogP contribution in [0, 0.1) is 5.92 Å². The summed E-state index contributed by atoms with van der Waals surface area (Å²) in [6.45, 7) is 2.24. The summed E-state index contributed by atoms with van der Waals surface area (Å²) >= 11 is 1.73. The predicted molar refractivity (Wildman–Crippen MR) is 110 cm³/mol. The number of ether oxygens (including phenoxy) is 3. The Bertz CT molecular complexity index is 883. The lowest BCUT2D eigenvalue weighted by Gasteiger charge is -2.28. The van der Waals surface area contributed by atoms with Crippen molar-refractivity contribution in [3.8, 4) is 17.2 Å². The Hall–Kier alpha value is -2.41. The number of nitrogens with one attached hydrogen (secondary N) is 2. The van der Waals surface area contributed by atoms with Crippen molar-refractivity contribution in [2.45, 2.75) is 38.8 Å². The van der Waals surface area contributed by atoms with E-state index in [-0.39, 0.29) is 12.1 Å². The molecule has 0 bridgehead atoms. The summed E-state index contributed by atoms with van der Waals surface area (Å²) in [5.74, 6) is 2.38. The zero-order chi connectivity index (χ0) is 19.8. The van der Waals surface area contributed by atoms with Gasteiger partial charge in [-0.1, -0.05) is 13.3 Å². The number of carbonyl (C=O) groups is 1. The average molecular weight is 403 g/mol. The Kier molecular flexibility index (Phi) is 5.10. The molecule has 2 aliphatic rings. The number of hydrogen-bond donors (Lipinski definition) is 2. The van der Waals surface area contributed by atoms with E-state index in [1.165, 1.54) is 16.9 Å². The first-order chi connectivity index (χ1) is 13.6. The van der Waals surface area contributed by atoms with E-state index in [9.17, 15) is 4.79 Å². The molecule has 28 heavy (non-hydrogen) atoms. The fourth-order valence-electron chi connectivity index (χ4n) is 4.15. The molecular weight excluding hydrogens is 376 g/mol. The minimum Gasteiger partial charge on any atom is -0.493 e. The van der Waals surface area contributed by atoms with Crippen LogP contribution in [0.15, 0.2) is 12.1 Å². The van der Waals surface area contributed by atoms with E-state index < -0.39 is 0 Å². The second-order valence-corrected chi connectivity index (χ2v) is 8.34. The maximum Gasteiger partial charge on any atom is 0.256 e. The second kappa shape index (κ2) is 7.54. The van der Waals surface area contributed by atoms with Gasteiger partial charge in [-0.2, -0.15) is 0 Å². The van der Waals surface area contributed by atoms with E-state index in [1.54, 1.807) is 32.7 Å². The smallest absolute Gasteiger partial charge is 0.256 e. The summed E-state index contributed by atoms with van der Waals surface area (Å²) in [4.78, 5) is 14.3. The van der Waals surface area contributed by atoms with Gasteiger partial charge in [-0.05, 0) is 42.9 Å². The minimum atomic E-state index is -0.351. The zero-order valence-electron chi connectivity index (χ0n) is 16.7. The summed E-state index contributed by atoms with van der Waals surface area (Å²) in [5, 5.41) is 7.57. The van der Waals surface area contributed by atoms with Crippen LogP contribution in [0.2, 0.25) is 0 Å². The maximum absolute atomic E-state index is 13.0. The highest BCUT2D eigenvalue weighted by atomic mass is 32.1. The van der Waals surface area contributed by atoms with Crippen molar-refractivity contribution in [2.24, 2.45) is 5.92 Å². The van der Waals surface area contributed by atoms with Gasteiger partial charge in [0.1, 0.15) is 11.2 Å². The lowest BCUT2D eigenvalue weighted by Crippen LogP contribution is -2.38. The second-order valence-electron chi connectivity index (χ2n) is 7.23. The van der Waals surface area contributed by atoms with Gasteiger partial charge in [0.2, 0.25) is 5.75 Å². The number of hydrogen-bond acceptors (Lipinski definition) is 6.